The lowest BCUT2D eigenvalue weighted by molar-refractivity contribution is 0.244. The fourth-order valence-electron chi connectivity index (χ4n) is 2.76. The third kappa shape index (κ3) is 3.82. The zero-order valence-electron chi connectivity index (χ0n) is 14.7. The highest BCUT2D eigenvalue weighted by Gasteiger charge is 2.10. The van der Waals surface area contributed by atoms with Crippen molar-refractivity contribution in [2.24, 2.45) is 0 Å². The Morgan fingerprint density at radius 2 is 2.04 bits per heavy atom. The van der Waals surface area contributed by atoms with E-state index in [9.17, 15) is 0 Å². The van der Waals surface area contributed by atoms with Crippen molar-refractivity contribution in [1.29, 1.82) is 5.26 Å². The summed E-state index contributed by atoms with van der Waals surface area (Å²) in [7, 11) is 3.62. The van der Waals surface area contributed by atoms with Gasteiger partial charge in [-0.2, -0.15) is 10.4 Å². The van der Waals surface area contributed by atoms with E-state index in [4.69, 9.17) is 22.2 Å². The first-order valence-corrected chi connectivity index (χ1v) is 8.48. The minimum Gasteiger partial charge on any atom is -0.495 e. The van der Waals surface area contributed by atoms with Crippen LogP contribution >= 0.6 is 12.2 Å². The van der Waals surface area contributed by atoms with Crippen LogP contribution in [0, 0.1) is 16.1 Å². The lowest BCUT2D eigenvalue weighted by Gasteiger charge is -2.16. The van der Waals surface area contributed by atoms with Gasteiger partial charge in [-0.25, -0.2) is 4.68 Å². The third-order valence-corrected chi connectivity index (χ3v) is 4.37. The second-order valence-corrected chi connectivity index (χ2v) is 6.29. The Labute approximate surface area is 157 Å². The summed E-state index contributed by atoms with van der Waals surface area (Å²) in [4.78, 5) is 2.09. The first-order valence-electron chi connectivity index (χ1n) is 8.08. The Kier molecular flexibility index (Phi) is 5.46. The van der Waals surface area contributed by atoms with Gasteiger partial charge in [0.1, 0.15) is 12.1 Å². The Balaban J connectivity index is 1.78. The van der Waals surface area contributed by atoms with Crippen molar-refractivity contribution in [2.45, 2.75) is 13.2 Å². The van der Waals surface area contributed by atoms with Gasteiger partial charge in [-0.15, -0.1) is 0 Å². The van der Waals surface area contributed by atoms with Crippen LogP contribution in [0.15, 0.2) is 54.9 Å². The van der Waals surface area contributed by atoms with E-state index in [0.29, 0.717) is 23.5 Å². The standard InChI is InChI=1S/C19H19N5OS/c1-22(12-16-7-5-6-15(10-16)11-20)14-24-19(26)23(13-21-24)17-8-3-4-9-18(17)25-2/h3-10,13H,12,14H2,1-2H3. The monoisotopic (exact) mass is 365 g/mol. The summed E-state index contributed by atoms with van der Waals surface area (Å²) < 4.78 is 9.59. The summed E-state index contributed by atoms with van der Waals surface area (Å²) in [5.41, 5.74) is 2.59. The summed E-state index contributed by atoms with van der Waals surface area (Å²) in [6, 6.07) is 17.4. The SMILES string of the molecule is COc1ccccc1-n1cnn(CN(C)Cc2cccc(C#N)c2)c1=S. The molecule has 0 bridgehead atoms. The second kappa shape index (κ2) is 7.95. The number of nitriles is 1. The molecule has 3 aromatic rings. The molecule has 0 fully saturated rings. The Bertz CT molecular complexity index is 1000. The van der Waals surface area contributed by atoms with Gasteiger partial charge in [0.25, 0.3) is 0 Å². The van der Waals surface area contributed by atoms with Crippen LogP contribution in [0.3, 0.4) is 0 Å². The van der Waals surface area contributed by atoms with Crippen molar-refractivity contribution in [3.05, 3.63) is 70.8 Å². The van der Waals surface area contributed by atoms with E-state index in [2.05, 4.69) is 16.1 Å². The molecule has 0 radical (unpaired) electrons. The van der Waals surface area contributed by atoms with E-state index < -0.39 is 0 Å². The summed E-state index contributed by atoms with van der Waals surface area (Å²) in [5, 5.41) is 13.4. The number of nitrogens with zero attached hydrogens (tertiary/aromatic N) is 5. The molecule has 0 aliphatic carbocycles. The molecule has 132 valence electrons. The maximum absolute atomic E-state index is 9.02. The van der Waals surface area contributed by atoms with Gasteiger partial charge in [-0.05, 0) is 49.1 Å². The van der Waals surface area contributed by atoms with Crippen LogP contribution in [0.2, 0.25) is 0 Å². The van der Waals surface area contributed by atoms with Crippen LogP contribution in [-0.4, -0.2) is 33.4 Å². The van der Waals surface area contributed by atoms with Crippen molar-refractivity contribution in [2.75, 3.05) is 14.2 Å². The quantitative estimate of drug-likeness (QED) is 0.627. The number of hydrogen-bond acceptors (Lipinski definition) is 5. The molecule has 0 aliphatic rings. The molecule has 2 aromatic carbocycles. The molecular weight excluding hydrogens is 346 g/mol. The van der Waals surface area contributed by atoms with Crippen molar-refractivity contribution in [3.63, 3.8) is 0 Å². The average molecular weight is 365 g/mol. The molecule has 3 rings (SSSR count). The van der Waals surface area contributed by atoms with E-state index >= 15 is 0 Å². The topological polar surface area (TPSA) is 59.0 Å². The molecule has 1 heterocycles. The van der Waals surface area contributed by atoms with Gasteiger partial charge in [0.2, 0.25) is 4.77 Å². The van der Waals surface area contributed by atoms with Gasteiger partial charge >= 0.3 is 0 Å². The number of methoxy groups -OCH3 is 1. The number of para-hydroxylation sites is 2. The van der Waals surface area contributed by atoms with Crippen LogP contribution in [-0.2, 0) is 13.2 Å². The molecule has 0 spiro atoms. The molecule has 0 saturated carbocycles. The Morgan fingerprint density at radius 1 is 1.23 bits per heavy atom. The first-order chi connectivity index (χ1) is 12.6. The highest BCUT2D eigenvalue weighted by atomic mass is 32.1. The van der Waals surface area contributed by atoms with Crippen molar-refractivity contribution in [1.82, 2.24) is 19.2 Å². The predicted octanol–water partition coefficient (Wildman–Crippen LogP) is 3.37. The van der Waals surface area contributed by atoms with E-state index in [1.165, 1.54) is 0 Å². The lowest BCUT2D eigenvalue weighted by Crippen LogP contribution is -2.22. The Hall–Kier alpha value is -2.95. The number of aromatic nitrogens is 3. The maximum Gasteiger partial charge on any atom is 0.203 e. The molecule has 1 aromatic heterocycles. The summed E-state index contributed by atoms with van der Waals surface area (Å²) in [6.07, 6.45) is 1.70. The van der Waals surface area contributed by atoms with Crippen LogP contribution in [0.5, 0.6) is 5.75 Å². The fraction of sp³-hybridized carbons (Fsp3) is 0.211. The van der Waals surface area contributed by atoms with E-state index in [1.54, 1.807) is 24.2 Å². The number of rotatable bonds is 6. The van der Waals surface area contributed by atoms with Crippen molar-refractivity contribution >= 4 is 12.2 Å². The van der Waals surface area contributed by atoms with Gasteiger partial charge in [0.05, 0.1) is 31.1 Å². The summed E-state index contributed by atoms with van der Waals surface area (Å²) in [6.45, 7) is 1.23. The third-order valence-electron chi connectivity index (χ3n) is 3.96. The van der Waals surface area contributed by atoms with Crippen molar-refractivity contribution in [3.8, 4) is 17.5 Å². The molecule has 7 heteroatoms. The molecule has 6 nitrogen and oxygen atoms in total. The molecule has 26 heavy (non-hydrogen) atoms. The minimum atomic E-state index is 0.539. The van der Waals surface area contributed by atoms with Gasteiger partial charge in [0.15, 0.2) is 0 Å². The molecule has 0 unspecified atom stereocenters. The Morgan fingerprint density at radius 3 is 2.81 bits per heavy atom. The average Bonchev–Trinajstić information content (AvgIpc) is 3.02. The largest absolute Gasteiger partial charge is 0.495 e. The highest BCUT2D eigenvalue weighted by Crippen LogP contribution is 2.22. The molecular formula is C19H19N5OS. The van der Waals surface area contributed by atoms with Gasteiger partial charge in [0, 0.05) is 6.54 Å². The smallest absolute Gasteiger partial charge is 0.203 e. The van der Waals surface area contributed by atoms with E-state index in [0.717, 1.165) is 17.0 Å². The van der Waals surface area contributed by atoms with Crippen LogP contribution in [0.25, 0.3) is 5.69 Å². The molecule has 0 atom stereocenters. The maximum atomic E-state index is 9.02. The zero-order chi connectivity index (χ0) is 18.5. The number of hydrogen-bond donors (Lipinski definition) is 0. The van der Waals surface area contributed by atoms with Gasteiger partial charge in [-0.3, -0.25) is 9.47 Å². The zero-order valence-corrected chi connectivity index (χ0v) is 15.5. The minimum absolute atomic E-state index is 0.539. The van der Waals surface area contributed by atoms with Crippen LogP contribution < -0.4 is 4.74 Å². The first kappa shape index (κ1) is 17.9. The summed E-state index contributed by atoms with van der Waals surface area (Å²) >= 11 is 5.58. The molecule has 0 N–H and O–H groups in total. The van der Waals surface area contributed by atoms with Gasteiger partial charge < -0.3 is 4.74 Å². The van der Waals surface area contributed by atoms with Crippen molar-refractivity contribution < 1.29 is 4.74 Å². The highest BCUT2D eigenvalue weighted by molar-refractivity contribution is 7.71. The van der Waals surface area contributed by atoms with E-state index in [1.807, 2.05) is 54.1 Å². The fourth-order valence-corrected chi connectivity index (χ4v) is 3.01. The normalized spacial score (nSPS) is 10.7. The summed E-state index contributed by atoms with van der Waals surface area (Å²) in [5.74, 6) is 0.741. The second-order valence-electron chi connectivity index (χ2n) is 5.92. The predicted molar refractivity (Wildman–Crippen MR) is 102 cm³/mol. The molecule has 0 saturated heterocycles. The number of benzene rings is 2. The van der Waals surface area contributed by atoms with Crippen LogP contribution in [0.4, 0.5) is 0 Å². The molecule has 0 amide bonds. The van der Waals surface area contributed by atoms with Crippen LogP contribution in [0.1, 0.15) is 11.1 Å². The van der Waals surface area contributed by atoms with Gasteiger partial charge in [-0.1, -0.05) is 24.3 Å². The van der Waals surface area contributed by atoms with E-state index in [-0.39, 0.29) is 0 Å². The number of ether oxygens (including phenoxy) is 1. The lowest BCUT2D eigenvalue weighted by atomic mass is 10.1. The molecule has 0 aliphatic heterocycles.